The summed E-state index contributed by atoms with van der Waals surface area (Å²) < 4.78 is 0. The smallest absolute Gasteiger partial charge is 0.253 e. The monoisotopic (exact) mass is 352 g/mol. The molecule has 0 aliphatic carbocycles. The summed E-state index contributed by atoms with van der Waals surface area (Å²) >= 11 is 0. The summed E-state index contributed by atoms with van der Waals surface area (Å²) in [5.41, 5.74) is 4.67. The molecule has 1 atom stereocenters. The van der Waals surface area contributed by atoms with E-state index in [4.69, 9.17) is 0 Å². The average Bonchev–Trinajstić information content (AvgIpc) is 2.63. The van der Waals surface area contributed by atoms with Crippen LogP contribution in [0.15, 0.2) is 42.5 Å². The Hall–Kier alpha value is -2.62. The van der Waals surface area contributed by atoms with Crippen LogP contribution in [0.4, 0.5) is 5.69 Å². The minimum atomic E-state index is -0.163. The van der Waals surface area contributed by atoms with Crippen molar-refractivity contribution < 1.29 is 9.59 Å². The predicted molar refractivity (Wildman–Crippen MR) is 107 cm³/mol. The highest BCUT2D eigenvalue weighted by Crippen LogP contribution is 2.17. The van der Waals surface area contributed by atoms with Crippen molar-refractivity contribution in [2.45, 2.75) is 53.0 Å². The number of aryl methyl sites for hydroxylation is 3. The van der Waals surface area contributed by atoms with Gasteiger partial charge in [0.2, 0.25) is 5.91 Å². The van der Waals surface area contributed by atoms with Crippen LogP contribution in [-0.2, 0) is 11.2 Å². The fourth-order valence-electron chi connectivity index (χ4n) is 2.62. The Kier molecular flexibility index (Phi) is 6.96. The highest BCUT2D eigenvalue weighted by atomic mass is 16.2. The lowest BCUT2D eigenvalue weighted by molar-refractivity contribution is -0.116. The molecule has 2 N–H and O–H groups in total. The zero-order chi connectivity index (χ0) is 19.1. The van der Waals surface area contributed by atoms with Gasteiger partial charge >= 0.3 is 0 Å². The standard InChI is InChI=1S/C22H28N2O2/c1-5-17(4)23-22(26)19-8-6-7-9-20(19)24-21(25)13-12-18-11-10-15(2)16(3)14-18/h6-11,14,17H,5,12-13H2,1-4H3,(H,23,26)(H,24,25)/t17-/m1/s1. The molecular weight excluding hydrogens is 324 g/mol. The van der Waals surface area contributed by atoms with E-state index in [1.165, 1.54) is 11.1 Å². The Morgan fingerprint density at radius 3 is 2.46 bits per heavy atom. The van der Waals surface area contributed by atoms with E-state index < -0.39 is 0 Å². The molecule has 4 nitrogen and oxygen atoms in total. The summed E-state index contributed by atoms with van der Waals surface area (Å²) in [5.74, 6) is -0.253. The van der Waals surface area contributed by atoms with E-state index in [9.17, 15) is 9.59 Å². The molecule has 0 aromatic heterocycles. The topological polar surface area (TPSA) is 58.2 Å². The Morgan fingerprint density at radius 1 is 1.04 bits per heavy atom. The van der Waals surface area contributed by atoms with Gasteiger partial charge in [-0.25, -0.2) is 0 Å². The van der Waals surface area contributed by atoms with Crippen LogP contribution in [0.25, 0.3) is 0 Å². The lowest BCUT2D eigenvalue weighted by atomic mass is 10.0. The van der Waals surface area contributed by atoms with Crippen LogP contribution in [0, 0.1) is 13.8 Å². The van der Waals surface area contributed by atoms with Crippen molar-refractivity contribution in [1.82, 2.24) is 5.32 Å². The van der Waals surface area contributed by atoms with Crippen LogP contribution in [0.5, 0.6) is 0 Å². The Bertz CT molecular complexity index is 783. The molecule has 4 heteroatoms. The van der Waals surface area contributed by atoms with Gasteiger partial charge in [-0.15, -0.1) is 0 Å². The third-order valence-electron chi connectivity index (χ3n) is 4.65. The molecule has 138 valence electrons. The Balaban J connectivity index is 2.00. The Morgan fingerprint density at radius 2 is 1.77 bits per heavy atom. The van der Waals surface area contributed by atoms with E-state index in [-0.39, 0.29) is 17.9 Å². The van der Waals surface area contributed by atoms with E-state index >= 15 is 0 Å². The van der Waals surface area contributed by atoms with Gasteiger partial charge in [-0.05, 0) is 62.4 Å². The summed E-state index contributed by atoms with van der Waals surface area (Å²) in [5, 5.41) is 5.82. The molecule has 2 aromatic rings. The molecule has 2 amide bonds. The number of hydrogen-bond acceptors (Lipinski definition) is 2. The maximum absolute atomic E-state index is 12.4. The predicted octanol–water partition coefficient (Wildman–Crippen LogP) is 4.40. The number of hydrogen-bond donors (Lipinski definition) is 2. The van der Waals surface area contributed by atoms with Crippen molar-refractivity contribution in [2.24, 2.45) is 0 Å². The lowest BCUT2D eigenvalue weighted by Crippen LogP contribution is -2.32. The van der Waals surface area contributed by atoms with Crippen molar-refractivity contribution in [1.29, 1.82) is 0 Å². The fraction of sp³-hybridized carbons (Fsp3) is 0.364. The first-order chi connectivity index (χ1) is 12.4. The fourth-order valence-corrected chi connectivity index (χ4v) is 2.62. The summed E-state index contributed by atoms with van der Waals surface area (Å²) in [7, 11) is 0. The second-order valence-electron chi connectivity index (χ2n) is 6.80. The first kappa shape index (κ1) is 19.7. The SMILES string of the molecule is CC[C@@H](C)NC(=O)c1ccccc1NC(=O)CCc1ccc(C)c(C)c1. The van der Waals surface area contributed by atoms with E-state index in [1.807, 2.05) is 19.9 Å². The quantitative estimate of drug-likeness (QED) is 0.776. The average molecular weight is 352 g/mol. The van der Waals surface area contributed by atoms with Crippen LogP contribution in [0.3, 0.4) is 0 Å². The van der Waals surface area contributed by atoms with Gasteiger partial charge in [0.1, 0.15) is 0 Å². The number of nitrogens with one attached hydrogen (secondary N) is 2. The molecule has 0 heterocycles. The maximum Gasteiger partial charge on any atom is 0.253 e. The van der Waals surface area contributed by atoms with Crippen molar-refractivity contribution >= 4 is 17.5 Å². The van der Waals surface area contributed by atoms with Crippen LogP contribution in [0.2, 0.25) is 0 Å². The summed E-state index contributed by atoms with van der Waals surface area (Å²) in [6.45, 7) is 8.13. The molecule has 0 radical (unpaired) electrons. The first-order valence-electron chi connectivity index (χ1n) is 9.16. The minimum Gasteiger partial charge on any atom is -0.350 e. The highest BCUT2D eigenvalue weighted by Gasteiger charge is 2.14. The number of rotatable bonds is 7. The molecule has 2 aromatic carbocycles. The van der Waals surface area contributed by atoms with Gasteiger partial charge in [0.05, 0.1) is 11.3 Å². The molecule has 2 rings (SSSR count). The van der Waals surface area contributed by atoms with E-state index in [1.54, 1.807) is 18.2 Å². The molecule has 0 aliphatic heterocycles. The van der Waals surface area contributed by atoms with Gasteiger partial charge in [-0.1, -0.05) is 37.3 Å². The highest BCUT2D eigenvalue weighted by molar-refractivity contribution is 6.03. The van der Waals surface area contributed by atoms with Crippen molar-refractivity contribution in [2.75, 3.05) is 5.32 Å². The number of carbonyl (C=O) groups is 2. The molecule has 0 unspecified atom stereocenters. The number of para-hydroxylation sites is 1. The third-order valence-corrected chi connectivity index (χ3v) is 4.65. The summed E-state index contributed by atoms with van der Waals surface area (Å²) in [4.78, 5) is 24.8. The van der Waals surface area contributed by atoms with Crippen molar-refractivity contribution in [3.63, 3.8) is 0 Å². The molecule has 0 fully saturated rings. The van der Waals surface area contributed by atoms with E-state index in [2.05, 4.69) is 42.7 Å². The van der Waals surface area contributed by atoms with Gasteiger partial charge in [0, 0.05) is 12.5 Å². The van der Waals surface area contributed by atoms with Crippen molar-refractivity contribution in [3.05, 3.63) is 64.7 Å². The first-order valence-corrected chi connectivity index (χ1v) is 9.16. The van der Waals surface area contributed by atoms with E-state index in [0.717, 1.165) is 12.0 Å². The molecular formula is C22H28N2O2. The lowest BCUT2D eigenvalue weighted by Gasteiger charge is -2.14. The van der Waals surface area contributed by atoms with Crippen LogP contribution in [0.1, 0.15) is 53.7 Å². The van der Waals surface area contributed by atoms with Crippen LogP contribution >= 0.6 is 0 Å². The molecule has 0 spiro atoms. The second-order valence-corrected chi connectivity index (χ2v) is 6.80. The zero-order valence-electron chi connectivity index (χ0n) is 16.1. The molecule has 0 bridgehead atoms. The van der Waals surface area contributed by atoms with Crippen LogP contribution in [-0.4, -0.2) is 17.9 Å². The number of amides is 2. The third kappa shape index (κ3) is 5.45. The van der Waals surface area contributed by atoms with Crippen molar-refractivity contribution in [3.8, 4) is 0 Å². The number of carbonyl (C=O) groups excluding carboxylic acids is 2. The van der Waals surface area contributed by atoms with Gasteiger partial charge in [-0.3, -0.25) is 9.59 Å². The Labute approximate surface area is 156 Å². The molecule has 0 aliphatic rings. The summed E-state index contributed by atoms with van der Waals surface area (Å²) in [6.07, 6.45) is 1.91. The molecule has 26 heavy (non-hydrogen) atoms. The van der Waals surface area contributed by atoms with E-state index in [0.29, 0.717) is 24.1 Å². The normalized spacial score (nSPS) is 11.7. The van der Waals surface area contributed by atoms with Crippen LogP contribution < -0.4 is 10.6 Å². The zero-order valence-corrected chi connectivity index (χ0v) is 16.1. The second kappa shape index (κ2) is 9.18. The van der Waals surface area contributed by atoms with Gasteiger partial charge < -0.3 is 10.6 Å². The largest absolute Gasteiger partial charge is 0.350 e. The molecule has 0 saturated heterocycles. The van der Waals surface area contributed by atoms with Gasteiger partial charge in [0.25, 0.3) is 5.91 Å². The van der Waals surface area contributed by atoms with Gasteiger partial charge in [0.15, 0.2) is 0 Å². The molecule has 0 saturated carbocycles. The summed E-state index contributed by atoms with van der Waals surface area (Å²) in [6, 6.07) is 13.5. The maximum atomic E-state index is 12.4. The minimum absolute atomic E-state index is 0.0907. The number of anilines is 1. The van der Waals surface area contributed by atoms with Gasteiger partial charge in [-0.2, -0.15) is 0 Å². The number of benzene rings is 2.